The molecule has 0 bridgehead atoms. The Balaban J connectivity index is 1.75. The molecule has 0 unspecified atom stereocenters. The van der Waals surface area contributed by atoms with Crippen molar-refractivity contribution in [2.75, 3.05) is 17.2 Å². The lowest BCUT2D eigenvalue weighted by Crippen LogP contribution is -2.36. The summed E-state index contributed by atoms with van der Waals surface area (Å²) in [4.78, 5) is 19.5. The smallest absolute Gasteiger partial charge is 0.280 e. The summed E-state index contributed by atoms with van der Waals surface area (Å²) >= 11 is 7.79. The van der Waals surface area contributed by atoms with Crippen LogP contribution in [-0.2, 0) is 6.42 Å². The van der Waals surface area contributed by atoms with E-state index >= 15 is 0 Å². The number of anilines is 1. The normalized spacial score (nSPS) is 13.5. The fourth-order valence-electron chi connectivity index (χ4n) is 3.14. The average Bonchev–Trinajstić information content (AvgIpc) is 3.11. The van der Waals surface area contributed by atoms with Crippen LogP contribution in [0.2, 0.25) is 5.02 Å². The van der Waals surface area contributed by atoms with Gasteiger partial charge in [-0.05, 0) is 36.8 Å². The van der Waals surface area contributed by atoms with Crippen LogP contribution in [-0.4, -0.2) is 38.2 Å². The van der Waals surface area contributed by atoms with Crippen molar-refractivity contribution in [2.24, 2.45) is 0 Å². The highest BCUT2D eigenvalue weighted by atomic mass is 35.5. The number of thioether (sulfide) groups is 1. The number of fused-ring (bicyclic) bond motifs is 1. The summed E-state index contributed by atoms with van der Waals surface area (Å²) in [6, 6.07) is 11.2. The Bertz CT molecular complexity index is 990. The Hall–Kier alpha value is -2.38. The monoisotopic (exact) mass is 399 g/mol. The number of rotatable bonds is 4. The van der Waals surface area contributed by atoms with Gasteiger partial charge in [0.05, 0.1) is 17.1 Å². The molecular formula is C19H18ClN5OS. The third-order valence-electron chi connectivity index (χ3n) is 4.35. The molecule has 0 atom stereocenters. The van der Waals surface area contributed by atoms with Gasteiger partial charge in [0.1, 0.15) is 5.03 Å². The molecule has 0 fully saturated rings. The Kier molecular flexibility index (Phi) is 5.13. The summed E-state index contributed by atoms with van der Waals surface area (Å²) in [5, 5.41) is 9.99. The van der Waals surface area contributed by atoms with Crippen molar-refractivity contribution in [3.8, 4) is 5.69 Å². The van der Waals surface area contributed by atoms with Gasteiger partial charge < -0.3 is 4.90 Å². The molecule has 1 aromatic carbocycles. The molecule has 0 aliphatic carbocycles. The lowest BCUT2D eigenvalue weighted by molar-refractivity contribution is 0.0981. The van der Waals surface area contributed by atoms with Gasteiger partial charge in [0, 0.05) is 23.5 Å². The molecule has 138 valence electrons. The summed E-state index contributed by atoms with van der Waals surface area (Å²) in [5.41, 5.74) is 2.82. The van der Waals surface area contributed by atoms with Crippen LogP contribution in [0.3, 0.4) is 0 Å². The van der Waals surface area contributed by atoms with Crippen LogP contribution in [0.15, 0.2) is 47.6 Å². The minimum Gasteiger partial charge on any atom is -0.303 e. The SMILES string of the molecule is CCCc1c(C(=O)N2CCSc3ncccc32)nnn1-c1cccc(Cl)c1. The highest BCUT2D eigenvalue weighted by molar-refractivity contribution is 7.99. The highest BCUT2D eigenvalue weighted by Gasteiger charge is 2.29. The van der Waals surface area contributed by atoms with Gasteiger partial charge in [-0.3, -0.25) is 4.79 Å². The fourth-order valence-corrected chi connectivity index (χ4v) is 4.25. The largest absolute Gasteiger partial charge is 0.303 e. The van der Waals surface area contributed by atoms with Crippen LogP contribution in [0.1, 0.15) is 29.5 Å². The lowest BCUT2D eigenvalue weighted by Gasteiger charge is -2.27. The van der Waals surface area contributed by atoms with Crippen molar-refractivity contribution in [3.63, 3.8) is 0 Å². The molecule has 0 radical (unpaired) electrons. The second-order valence-corrected chi connectivity index (χ2v) is 7.68. The van der Waals surface area contributed by atoms with E-state index in [1.54, 1.807) is 27.5 Å². The molecule has 2 aromatic heterocycles. The van der Waals surface area contributed by atoms with Crippen molar-refractivity contribution in [2.45, 2.75) is 24.8 Å². The molecule has 4 rings (SSSR count). The maximum Gasteiger partial charge on any atom is 0.280 e. The molecule has 27 heavy (non-hydrogen) atoms. The highest BCUT2D eigenvalue weighted by Crippen LogP contribution is 2.33. The van der Waals surface area contributed by atoms with Crippen LogP contribution in [0, 0.1) is 0 Å². The Morgan fingerprint density at radius 2 is 2.19 bits per heavy atom. The van der Waals surface area contributed by atoms with Gasteiger partial charge in [-0.1, -0.05) is 36.2 Å². The third-order valence-corrected chi connectivity index (χ3v) is 5.56. The summed E-state index contributed by atoms with van der Waals surface area (Å²) in [7, 11) is 0. The molecule has 0 saturated carbocycles. The molecule has 1 amide bonds. The van der Waals surface area contributed by atoms with Crippen molar-refractivity contribution in [1.82, 2.24) is 20.0 Å². The number of benzene rings is 1. The van der Waals surface area contributed by atoms with E-state index in [-0.39, 0.29) is 5.91 Å². The second kappa shape index (κ2) is 7.70. The van der Waals surface area contributed by atoms with Crippen molar-refractivity contribution in [3.05, 3.63) is 59.0 Å². The van der Waals surface area contributed by atoms with Gasteiger partial charge in [-0.2, -0.15) is 0 Å². The lowest BCUT2D eigenvalue weighted by atomic mass is 10.1. The van der Waals surface area contributed by atoms with E-state index in [1.807, 2.05) is 36.4 Å². The Morgan fingerprint density at radius 1 is 1.30 bits per heavy atom. The molecular weight excluding hydrogens is 382 g/mol. The van der Waals surface area contributed by atoms with E-state index < -0.39 is 0 Å². The number of carbonyl (C=O) groups is 1. The van der Waals surface area contributed by atoms with Crippen LogP contribution in [0.25, 0.3) is 5.69 Å². The predicted molar refractivity (Wildman–Crippen MR) is 107 cm³/mol. The summed E-state index contributed by atoms with van der Waals surface area (Å²) in [6.07, 6.45) is 3.32. The number of halogens is 1. The maximum atomic E-state index is 13.3. The van der Waals surface area contributed by atoms with E-state index in [0.29, 0.717) is 23.7 Å². The topological polar surface area (TPSA) is 63.9 Å². The quantitative estimate of drug-likeness (QED) is 0.663. The minimum absolute atomic E-state index is 0.138. The van der Waals surface area contributed by atoms with Gasteiger partial charge in [0.25, 0.3) is 5.91 Å². The van der Waals surface area contributed by atoms with Crippen LogP contribution in [0.4, 0.5) is 5.69 Å². The molecule has 1 aliphatic rings. The van der Waals surface area contributed by atoms with E-state index in [4.69, 9.17) is 11.6 Å². The molecule has 8 heteroatoms. The number of hydrogen-bond donors (Lipinski definition) is 0. The molecule has 3 aromatic rings. The van der Waals surface area contributed by atoms with Crippen LogP contribution in [0.5, 0.6) is 0 Å². The molecule has 0 saturated heterocycles. The maximum absolute atomic E-state index is 13.3. The third kappa shape index (κ3) is 3.44. The zero-order valence-electron chi connectivity index (χ0n) is 14.8. The first-order chi connectivity index (χ1) is 13.2. The number of hydrogen-bond acceptors (Lipinski definition) is 5. The van der Waals surface area contributed by atoms with Gasteiger partial charge in [0.15, 0.2) is 5.69 Å². The first-order valence-electron chi connectivity index (χ1n) is 8.79. The summed E-state index contributed by atoms with van der Waals surface area (Å²) < 4.78 is 1.71. The first-order valence-corrected chi connectivity index (χ1v) is 10.2. The number of nitrogens with zero attached hydrogens (tertiary/aromatic N) is 5. The average molecular weight is 400 g/mol. The van der Waals surface area contributed by atoms with Crippen molar-refractivity contribution < 1.29 is 4.79 Å². The first kappa shape index (κ1) is 18.0. The standard InChI is InChI=1S/C19H18ClN5OS/c1-2-5-15-17(22-23-25(15)14-7-3-6-13(20)12-14)19(26)24-10-11-27-18-16(24)8-4-9-21-18/h3-4,6-9,12H,2,5,10-11H2,1H3. The van der Waals surface area contributed by atoms with Crippen LogP contribution < -0.4 is 4.90 Å². The number of amides is 1. The van der Waals surface area contributed by atoms with E-state index in [0.717, 1.165) is 34.3 Å². The van der Waals surface area contributed by atoms with E-state index in [9.17, 15) is 4.79 Å². The van der Waals surface area contributed by atoms with Gasteiger partial charge in [-0.15, -0.1) is 16.9 Å². The molecule has 1 aliphatic heterocycles. The van der Waals surface area contributed by atoms with Gasteiger partial charge in [-0.25, -0.2) is 9.67 Å². The number of aromatic nitrogens is 4. The zero-order valence-corrected chi connectivity index (χ0v) is 16.4. The number of carbonyl (C=O) groups excluding carboxylic acids is 1. The minimum atomic E-state index is -0.138. The van der Waals surface area contributed by atoms with Crippen molar-refractivity contribution >= 4 is 35.0 Å². The fraction of sp³-hybridized carbons (Fsp3) is 0.263. The van der Waals surface area contributed by atoms with Crippen molar-refractivity contribution in [1.29, 1.82) is 0 Å². The van der Waals surface area contributed by atoms with E-state index in [1.165, 1.54) is 0 Å². The number of pyridine rings is 1. The van der Waals surface area contributed by atoms with Crippen LogP contribution >= 0.6 is 23.4 Å². The van der Waals surface area contributed by atoms with Gasteiger partial charge in [0.2, 0.25) is 0 Å². The summed E-state index contributed by atoms with van der Waals surface area (Å²) in [5.74, 6) is 0.669. The van der Waals surface area contributed by atoms with E-state index in [2.05, 4.69) is 22.2 Å². The summed E-state index contributed by atoms with van der Waals surface area (Å²) in [6.45, 7) is 2.69. The molecule has 3 heterocycles. The predicted octanol–water partition coefficient (Wildman–Crippen LogP) is 4.02. The molecule has 0 N–H and O–H groups in total. The molecule has 6 nitrogen and oxygen atoms in total. The Morgan fingerprint density at radius 3 is 3.00 bits per heavy atom. The zero-order chi connectivity index (χ0) is 18.8. The molecule has 0 spiro atoms. The van der Waals surface area contributed by atoms with Gasteiger partial charge >= 0.3 is 0 Å². The second-order valence-electron chi connectivity index (χ2n) is 6.16. The Labute approximate surface area is 166 Å².